The minimum absolute atomic E-state index is 0.124. The highest BCUT2D eigenvalue weighted by Gasteiger charge is 2.43. The van der Waals surface area contributed by atoms with Crippen LogP contribution in [-0.4, -0.2) is 24.9 Å². The van der Waals surface area contributed by atoms with Crippen LogP contribution in [-0.2, 0) is 10.8 Å². The van der Waals surface area contributed by atoms with Crippen molar-refractivity contribution in [3.8, 4) is 56.7 Å². The first-order valence-electron chi connectivity index (χ1n) is 17.2. The zero-order valence-electron chi connectivity index (χ0n) is 28.4. The summed E-state index contributed by atoms with van der Waals surface area (Å²) < 4.78 is 0. The Kier molecular flexibility index (Phi) is 5.91. The van der Waals surface area contributed by atoms with Crippen molar-refractivity contribution < 1.29 is 0 Å². The molecule has 0 fully saturated rings. The Morgan fingerprint density at radius 1 is 0.400 bits per heavy atom. The van der Waals surface area contributed by atoms with Crippen LogP contribution in [0.15, 0.2) is 128 Å². The fourth-order valence-corrected chi connectivity index (χ4v) is 8.48. The quantitative estimate of drug-likeness (QED) is 0.192. The summed E-state index contributed by atoms with van der Waals surface area (Å²) in [6, 6.07) is 41.0. The lowest BCUT2D eigenvalue weighted by atomic mass is 9.79. The molecule has 5 heteroatoms. The Morgan fingerprint density at radius 3 is 1.52 bits per heavy atom. The van der Waals surface area contributed by atoms with E-state index in [0.717, 1.165) is 10.9 Å². The molecule has 3 heterocycles. The number of nitrogens with zero attached hydrogens (tertiary/aromatic N) is 5. The van der Waals surface area contributed by atoms with Gasteiger partial charge in [0.25, 0.3) is 0 Å². The minimum Gasteiger partial charge on any atom is -0.253 e. The predicted molar refractivity (Wildman–Crippen MR) is 202 cm³/mol. The molecule has 0 saturated heterocycles. The van der Waals surface area contributed by atoms with Crippen LogP contribution < -0.4 is 0 Å². The molecule has 0 aliphatic heterocycles. The van der Waals surface area contributed by atoms with Gasteiger partial charge in [0.1, 0.15) is 11.4 Å². The Hall–Kier alpha value is -6.07. The molecule has 2 aliphatic carbocycles. The molecule has 5 aromatic carbocycles. The highest BCUT2D eigenvalue weighted by Crippen LogP contribution is 2.59. The van der Waals surface area contributed by atoms with Crippen LogP contribution in [0.1, 0.15) is 49.9 Å². The van der Waals surface area contributed by atoms with Crippen molar-refractivity contribution in [2.45, 2.75) is 38.5 Å². The normalized spacial score (nSPS) is 14.7. The summed E-state index contributed by atoms with van der Waals surface area (Å²) in [7, 11) is 0. The van der Waals surface area contributed by atoms with E-state index in [1.165, 1.54) is 60.7 Å². The summed E-state index contributed by atoms with van der Waals surface area (Å²) in [5, 5.41) is 4.90. The van der Waals surface area contributed by atoms with E-state index in [9.17, 15) is 0 Å². The SMILES string of the molecule is CC1(C)c2cc3c(cc2-c2c1ccc1ccccc21)C(C)(C)c1cc(-c2nc(-c4ccccn4)nc(-c4ccccn4)n2)c2ccccc2c1-3. The van der Waals surface area contributed by atoms with E-state index in [-0.39, 0.29) is 10.8 Å². The molecular weight excluding hydrogens is 611 g/mol. The summed E-state index contributed by atoms with van der Waals surface area (Å²) in [5.74, 6) is 1.65. The second-order valence-electron chi connectivity index (χ2n) is 14.5. The van der Waals surface area contributed by atoms with Gasteiger partial charge in [-0.15, -0.1) is 0 Å². The lowest BCUT2D eigenvalue weighted by Gasteiger charge is -2.24. The van der Waals surface area contributed by atoms with E-state index in [1.807, 2.05) is 36.4 Å². The van der Waals surface area contributed by atoms with Gasteiger partial charge in [0.2, 0.25) is 0 Å². The van der Waals surface area contributed by atoms with Gasteiger partial charge < -0.3 is 0 Å². The number of aromatic nitrogens is 5. The van der Waals surface area contributed by atoms with E-state index in [0.29, 0.717) is 28.9 Å². The van der Waals surface area contributed by atoms with Crippen molar-refractivity contribution in [3.63, 3.8) is 0 Å². The Morgan fingerprint density at radius 2 is 0.900 bits per heavy atom. The molecule has 238 valence electrons. The summed E-state index contributed by atoms with van der Waals surface area (Å²) in [4.78, 5) is 24.2. The van der Waals surface area contributed by atoms with Gasteiger partial charge in [-0.05, 0) is 109 Å². The number of fused-ring (bicyclic) bond motifs is 10. The third-order valence-electron chi connectivity index (χ3n) is 11.0. The van der Waals surface area contributed by atoms with Gasteiger partial charge in [0.15, 0.2) is 17.5 Å². The maximum absolute atomic E-state index is 5.08. The molecule has 0 spiro atoms. The zero-order valence-corrected chi connectivity index (χ0v) is 28.4. The standard InChI is InChI=1S/C45H33N5/c1-44(2)33-20-19-26-13-5-6-14-27(26)39(33)31-24-35-32(25-34(31)44)40-29-16-8-7-15-28(29)30(23-36(40)45(35,3)4)41-48-42(37-17-9-11-21-46-37)50-43(49-41)38-18-10-12-22-47-38/h5-25H,1-4H3. The van der Waals surface area contributed by atoms with Crippen LogP contribution in [0.25, 0.3) is 78.2 Å². The Labute approximate surface area is 290 Å². The number of rotatable bonds is 3. The minimum atomic E-state index is -0.267. The van der Waals surface area contributed by atoms with Crippen LogP contribution >= 0.6 is 0 Å². The molecule has 8 aromatic rings. The third kappa shape index (κ3) is 3.98. The maximum Gasteiger partial charge on any atom is 0.182 e. The average molecular weight is 644 g/mol. The van der Waals surface area contributed by atoms with Crippen LogP contribution in [0, 0.1) is 0 Å². The van der Waals surface area contributed by atoms with Crippen molar-refractivity contribution in [3.05, 3.63) is 150 Å². The fourth-order valence-electron chi connectivity index (χ4n) is 8.48. The highest BCUT2D eigenvalue weighted by atomic mass is 15.1. The van der Waals surface area contributed by atoms with Crippen LogP contribution in [0.2, 0.25) is 0 Å². The monoisotopic (exact) mass is 643 g/mol. The van der Waals surface area contributed by atoms with Gasteiger partial charge >= 0.3 is 0 Å². The molecule has 0 radical (unpaired) electrons. The summed E-state index contributed by atoms with van der Waals surface area (Å²) in [6.45, 7) is 9.47. The van der Waals surface area contributed by atoms with Gasteiger partial charge in [-0.25, -0.2) is 15.0 Å². The lowest BCUT2D eigenvalue weighted by Crippen LogP contribution is -2.17. The summed E-state index contributed by atoms with van der Waals surface area (Å²) in [6.07, 6.45) is 3.53. The summed E-state index contributed by atoms with van der Waals surface area (Å²) in [5.41, 5.74) is 12.7. The molecule has 5 nitrogen and oxygen atoms in total. The molecule has 0 N–H and O–H groups in total. The van der Waals surface area contributed by atoms with Crippen molar-refractivity contribution >= 4 is 21.5 Å². The van der Waals surface area contributed by atoms with Crippen molar-refractivity contribution in [1.82, 2.24) is 24.9 Å². The molecule has 0 amide bonds. The largest absolute Gasteiger partial charge is 0.253 e. The van der Waals surface area contributed by atoms with E-state index in [2.05, 4.69) is 117 Å². The summed E-state index contributed by atoms with van der Waals surface area (Å²) >= 11 is 0. The van der Waals surface area contributed by atoms with E-state index in [1.54, 1.807) is 12.4 Å². The molecule has 10 rings (SSSR count). The van der Waals surface area contributed by atoms with Gasteiger partial charge in [0.05, 0.1) is 0 Å². The van der Waals surface area contributed by atoms with Gasteiger partial charge in [0, 0.05) is 28.8 Å². The lowest BCUT2D eigenvalue weighted by molar-refractivity contribution is 0.652. The second kappa shape index (κ2) is 10.2. The topological polar surface area (TPSA) is 64.5 Å². The van der Waals surface area contributed by atoms with Crippen molar-refractivity contribution in [2.24, 2.45) is 0 Å². The molecule has 2 aliphatic rings. The molecule has 0 bridgehead atoms. The first-order chi connectivity index (χ1) is 24.3. The Balaban J connectivity index is 1.23. The molecular formula is C45H33N5. The van der Waals surface area contributed by atoms with Gasteiger partial charge in [-0.1, -0.05) is 100 Å². The number of hydrogen-bond acceptors (Lipinski definition) is 5. The first-order valence-corrected chi connectivity index (χ1v) is 17.2. The van der Waals surface area contributed by atoms with E-state index >= 15 is 0 Å². The first kappa shape index (κ1) is 28.9. The number of benzene rings is 5. The van der Waals surface area contributed by atoms with E-state index < -0.39 is 0 Å². The molecule has 0 atom stereocenters. The van der Waals surface area contributed by atoms with Crippen LogP contribution in [0.4, 0.5) is 0 Å². The van der Waals surface area contributed by atoms with Crippen molar-refractivity contribution in [1.29, 1.82) is 0 Å². The van der Waals surface area contributed by atoms with Crippen LogP contribution in [0.3, 0.4) is 0 Å². The van der Waals surface area contributed by atoms with Gasteiger partial charge in [-0.2, -0.15) is 0 Å². The molecule has 0 saturated carbocycles. The molecule has 0 unspecified atom stereocenters. The number of hydrogen-bond donors (Lipinski definition) is 0. The smallest absolute Gasteiger partial charge is 0.182 e. The molecule has 3 aromatic heterocycles. The highest BCUT2D eigenvalue weighted by molar-refractivity contribution is 6.10. The maximum atomic E-state index is 5.08. The third-order valence-corrected chi connectivity index (χ3v) is 11.0. The number of pyridine rings is 2. The van der Waals surface area contributed by atoms with Crippen LogP contribution in [0.5, 0.6) is 0 Å². The predicted octanol–water partition coefficient (Wildman–Crippen LogP) is 10.6. The zero-order chi connectivity index (χ0) is 33.8. The second-order valence-corrected chi connectivity index (χ2v) is 14.5. The Bertz CT molecular complexity index is 2640. The van der Waals surface area contributed by atoms with E-state index in [4.69, 9.17) is 15.0 Å². The van der Waals surface area contributed by atoms with Gasteiger partial charge in [-0.3, -0.25) is 9.97 Å². The van der Waals surface area contributed by atoms with Crippen molar-refractivity contribution in [2.75, 3.05) is 0 Å². The molecule has 50 heavy (non-hydrogen) atoms. The average Bonchev–Trinajstić information content (AvgIpc) is 3.53. The fraction of sp³-hybridized carbons (Fsp3) is 0.133.